The van der Waals surface area contributed by atoms with Gasteiger partial charge in [-0.1, -0.05) is 0 Å². The van der Waals surface area contributed by atoms with Crippen molar-refractivity contribution >= 4 is 23.2 Å². The van der Waals surface area contributed by atoms with Gasteiger partial charge in [0.25, 0.3) is 5.56 Å². The van der Waals surface area contributed by atoms with Crippen molar-refractivity contribution in [1.29, 1.82) is 0 Å². The minimum atomic E-state index is -0.216. The van der Waals surface area contributed by atoms with E-state index >= 15 is 0 Å². The molecule has 0 spiro atoms. The molecule has 0 aliphatic heterocycles. The van der Waals surface area contributed by atoms with Crippen LogP contribution in [0.15, 0.2) is 65.5 Å². The van der Waals surface area contributed by atoms with Crippen LogP contribution in [0, 0.1) is 0 Å². The van der Waals surface area contributed by atoms with Gasteiger partial charge in [-0.05, 0) is 61.0 Å². The second-order valence-corrected chi connectivity index (χ2v) is 6.92. The van der Waals surface area contributed by atoms with Crippen molar-refractivity contribution in [1.82, 2.24) is 9.78 Å². The molecule has 0 saturated heterocycles. The quantitative estimate of drug-likeness (QED) is 0.582. The third kappa shape index (κ3) is 6.27. The Morgan fingerprint density at radius 3 is 2.19 bits per heavy atom. The molecule has 0 saturated carbocycles. The Bertz CT molecular complexity index is 1110. The summed E-state index contributed by atoms with van der Waals surface area (Å²) in [6.07, 6.45) is 0.711. The standard InChI is InChI=1S/C23H24N4O4/c1-16(28)24-18-7-9-19(10-8-18)25-22(29)4-3-15-27-23(30)14-13-21(26-27)17-5-11-20(31-2)12-6-17/h5-14H,3-4,15H2,1-2H3,(H,24,28)(H,25,29). The normalized spacial score (nSPS) is 10.4. The number of methoxy groups -OCH3 is 1. The molecule has 0 aliphatic rings. The summed E-state index contributed by atoms with van der Waals surface area (Å²) >= 11 is 0. The maximum atomic E-state index is 12.2. The van der Waals surface area contributed by atoms with Crippen LogP contribution in [-0.4, -0.2) is 28.7 Å². The molecule has 1 aromatic heterocycles. The number of anilines is 2. The monoisotopic (exact) mass is 420 g/mol. The number of benzene rings is 2. The van der Waals surface area contributed by atoms with Crippen molar-refractivity contribution < 1.29 is 14.3 Å². The number of nitrogens with one attached hydrogen (secondary N) is 2. The van der Waals surface area contributed by atoms with E-state index in [1.807, 2.05) is 24.3 Å². The van der Waals surface area contributed by atoms with E-state index in [9.17, 15) is 14.4 Å². The summed E-state index contributed by atoms with van der Waals surface area (Å²) < 4.78 is 6.53. The Balaban J connectivity index is 1.55. The molecule has 8 heteroatoms. The van der Waals surface area contributed by atoms with Gasteiger partial charge < -0.3 is 15.4 Å². The average Bonchev–Trinajstić information content (AvgIpc) is 2.76. The van der Waals surface area contributed by atoms with Gasteiger partial charge in [-0.2, -0.15) is 5.10 Å². The van der Waals surface area contributed by atoms with E-state index in [4.69, 9.17) is 4.74 Å². The van der Waals surface area contributed by atoms with Gasteiger partial charge >= 0.3 is 0 Å². The Morgan fingerprint density at radius 2 is 1.58 bits per heavy atom. The molecule has 160 valence electrons. The predicted octanol–water partition coefficient (Wildman–Crippen LogP) is 3.30. The van der Waals surface area contributed by atoms with Crippen molar-refractivity contribution in [2.75, 3.05) is 17.7 Å². The van der Waals surface area contributed by atoms with E-state index in [1.54, 1.807) is 37.4 Å². The summed E-state index contributed by atoms with van der Waals surface area (Å²) in [4.78, 5) is 35.4. The van der Waals surface area contributed by atoms with Crippen LogP contribution in [0.3, 0.4) is 0 Å². The molecule has 2 aromatic carbocycles. The lowest BCUT2D eigenvalue weighted by molar-refractivity contribution is -0.116. The van der Waals surface area contributed by atoms with Crippen LogP contribution >= 0.6 is 0 Å². The summed E-state index contributed by atoms with van der Waals surface area (Å²) in [5.74, 6) is 0.427. The van der Waals surface area contributed by atoms with Crippen molar-refractivity contribution in [2.24, 2.45) is 0 Å². The fraction of sp³-hybridized carbons (Fsp3) is 0.217. The number of carbonyl (C=O) groups excluding carboxylic acids is 2. The molecule has 0 bridgehead atoms. The molecule has 0 aliphatic carbocycles. The van der Waals surface area contributed by atoms with E-state index in [1.165, 1.54) is 17.7 Å². The summed E-state index contributed by atoms with van der Waals surface area (Å²) in [5, 5.41) is 9.88. The van der Waals surface area contributed by atoms with Crippen molar-refractivity contribution in [3.8, 4) is 17.0 Å². The number of hydrogen-bond acceptors (Lipinski definition) is 5. The minimum Gasteiger partial charge on any atom is -0.497 e. The number of amides is 2. The third-order valence-electron chi connectivity index (χ3n) is 4.52. The number of rotatable bonds is 8. The molecule has 8 nitrogen and oxygen atoms in total. The van der Waals surface area contributed by atoms with Gasteiger partial charge in [-0.25, -0.2) is 4.68 Å². The molecule has 2 N–H and O–H groups in total. The summed E-state index contributed by atoms with van der Waals surface area (Å²) in [7, 11) is 1.60. The first-order chi connectivity index (χ1) is 14.9. The molecule has 2 amide bonds. The predicted molar refractivity (Wildman–Crippen MR) is 119 cm³/mol. The van der Waals surface area contributed by atoms with Crippen LogP contribution in [0.5, 0.6) is 5.75 Å². The second-order valence-electron chi connectivity index (χ2n) is 6.92. The van der Waals surface area contributed by atoms with Gasteiger partial charge in [-0.15, -0.1) is 0 Å². The molecule has 0 unspecified atom stereocenters. The van der Waals surface area contributed by atoms with Crippen molar-refractivity contribution in [2.45, 2.75) is 26.3 Å². The topological polar surface area (TPSA) is 102 Å². The molecule has 31 heavy (non-hydrogen) atoms. The Kier molecular flexibility index (Phi) is 7.16. The van der Waals surface area contributed by atoms with Gasteiger partial charge in [-0.3, -0.25) is 14.4 Å². The van der Waals surface area contributed by atoms with E-state index in [-0.39, 0.29) is 23.8 Å². The van der Waals surface area contributed by atoms with Gasteiger partial charge in [0, 0.05) is 42.9 Å². The lowest BCUT2D eigenvalue weighted by Gasteiger charge is -2.09. The first-order valence-electron chi connectivity index (χ1n) is 9.85. The summed E-state index contributed by atoms with van der Waals surface area (Å²) in [5.41, 5.74) is 2.62. The first kappa shape index (κ1) is 21.8. The van der Waals surface area contributed by atoms with Crippen molar-refractivity contribution in [3.05, 3.63) is 71.0 Å². The molecule has 0 atom stereocenters. The van der Waals surface area contributed by atoms with Crippen LogP contribution in [0.1, 0.15) is 19.8 Å². The fourth-order valence-electron chi connectivity index (χ4n) is 2.98. The highest BCUT2D eigenvalue weighted by molar-refractivity contribution is 5.92. The zero-order chi connectivity index (χ0) is 22.2. The number of aromatic nitrogens is 2. The second kappa shape index (κ2) is 10.2. The highest BCUT2D eigenvalue weighted by Crippen LogP contribution is 2.19. The zero-order valence-electron chi connectivity index (χ0n) is 17.4. The number of carbonyl (C=O) groups is 2. The average molecular weight is 420 g/mol. The first-order valence-corrected chi connectivity index (χ1v) is 9.85. The molecule has 3 rings (SSSR count). The fourth-order valence-corrected chi connectivity index (χ4v) is 2.98. The maximum absolute atomic E-state index is 12.2. The number of nitrogens with zero attached hydrogens (tertiary/aromatic N) is 2. The molecular formula is C23H24N4O4. The van der Waals surface area contributed by atoms with E-state index in [2.05, 4.69) is 15.7 Å². The Hall–Kier alpha value is -3.94. The third-order valence-corrected chi connectivity index (χ3v) is 4.52. The van der Waals surface area contributed by atoms with Crippen LogP contribution in [-0.2, 0) is 16.1 Å². The lowest BCUT2D eigenvalue weighted by Crippen LogP contribution is -2.23. The van der Waals surface area contributed by atoms with E-state index < -0.39 is 0 Å². The lowest BCUT2D eigenvalue weighted by atomic mass is 10.1. The highest BCUT2D eigenvalue weighted by atomic mass is 16.5. The minimum absolute atomic E-state index is 0.156. The van der Waals surface area contributed by atoms with Gasteiger partial charge in [0.05, 0.1) is 12.8 Å². The van der Waals surface area contributed by atoms with Gasteiger partial charge in [0.15, 0.2) is 0 Å². The maximum Gasteiger partial charge on any atom is 0.266 e. The van der Waals surface area contributed by atoms with Crippen LogP contribution in [0.25, 0.3) is 11.3 Å². The molecule has 0 radical (unpaired) electrons. The SMILES string of the molecule is COc1ccc(-c2ccc(=O)n(CCCC(=O)Nc3ccc(NC(C)=O)cc3)n2)cc1. The Labute approximate surface area is 179 Å². The summed E-state index contributed by atoms with van der Waals surface area (Å²) in [6.45, 7) is 1.76. The number of aryl methyl sites for hydroxylation is 1. The number of hydrogen-bond donors (Lipinski definition) is 2. The van der Waals surface area contributed by atoms with Crippen LogP contribution in [0.2, 0.25) is 0 Å². The van der Waals surface area contributed by atoms with Gasteiger partial charge in [0.2, 0.25) is 11.8 Å². The zero-order valence-corrected chi connectivity index (χ0v) is 17.4. The van der Waals surface area contributed by atoms with E-state index in [0.717, 1.165) is 11.3 Å². The van der Waals surface area contributed by atoms with Crippen molar-refractivity contribution in [3.63, 3.8) is 0 Å². The molecular weight excluding hydrogens is 396 g/mol. The largest absolute Gasteiger partial charge is 0.497 e. The van der Waals surface area contributed by atoms with Crippen LogP contribution < -0.4 is 20.9 Å². The smallest absolute Gasteiger partial charge is 0.266 e. The number of ether oxygens (including phenoxy) is 1. The Morgan fingerprint density at radius 1 is 0.935 bits per heavy atom. The molecule has 1 heterocycles. The van der Waals surface area contributed by atoms with Gasteiger partial charge in [0.1, 0.15) is 5.75 Å². The van der Waals surface area contributed by atoms with E-state index in [0.29, 0.717) is 30.0 Å². The van der Waals surface area contributed by atoms with Crippen LogP contribution in [0.4, 0.5) is 11.4 Å². The summed E-state index contributed by atoms with van der Waals surface area (Å²) in [6, 6.07) is 17.4. The molecule has 3 aromatic rings. The molecule has 0 fully saturated rings. The highest BCUT2D eigenvalue weighted by Gasteiger charge is 2.07.